The maximum absolute atomic E-state index is 13.5. The van der Waals surface area contributed by atoms with Crippen LogP contribution in [-0.2, 0) is 90.5 Å². The van der Waals surface area contributed by atoms with E-state index in [-0.39, 0.29) is 132 Å². The van der Waals surface area contributed by atoms with Gasteiger partial charge in [-0.05, 0) is 86.9 Å². The number of hydrogen-bond donors (Lipinski definition) is 12. The zero-order chi connectivity index (χ0) is 85.1. The number of nitrogens with zero attached hydrogens (tertiary/aromatic N) is 6. The number of sulfonamides is 1. The van der Waals surface area contributed by atoms with Crippen LogP contribution in [0.15, 0.2) is 58.6 Å². The van der Waals surface area contributed by atoms with Crippen LogP contribution in [0.25, 0.3) is 10.9 Å². The van der Waals surface area contributed by atoms with Gasteiger partial charge in [-0.2, -0.15) is 31.1 Å². The third-order valence-corrected chi connectivity index (χ3v) is 18.2. The van der Waals surface area contributed by atoms with Gasteiger partial charge in [0.15, 0.2) is 5.95 Å². The van der Waals surface area contributed by atoms with Gasteiger partial charge in [-0.1, -0.05) is 13.0 Å². The smallest absolute Gasteiger partial charge is 0.458 e. The molecule has 114 heavy (non-hydrogen) atoms. The predicted molar refractivity (Wildman–Crippen MR) is 396 cm³/mol. The molecule has 3 heterocycles. The number of aromatic amines is 1. The van der Waals surface area contributed by atoms with Crippen LogP contribution in [0.3, 0.4) is 0 Å². The molecule has 1 aliphatic heterocycles. The molecule has 4 aromatic rings. The minimum absolute atomic E-state index is 0.0153. The zero-order valence-corrected chi connectivity index (χ0v) is 64.9. The summed E-state index contributed by atoms with van der Waals surface area (Å²) in [6, 6.07) is 5.42. The number of benzene rings is 2. The van der Waals surface area contributed by atoms with Gasteiger partial charge >= 0.3 is 47.8 Å². The van der Waals surface area contributed by atoms with Crippen molar-refractivity contribution in [3.05, 3.63) is 81.4 Å². The highest BCUT2D eigenvalue weighted by Crippen LogP contribution is 2.27. The molecule has 1 saturated heterocycles. The molecule has 12 N–H and O–H groups in total. The summed E-state index contributed by atoms with van der Waals surface area (Å²) >= 11 is 0. The van der Waals surface area contributed by atoms with Crippen LogP contribution in [-0.4, -0.2) is 318 Å². The number of halogens is 6. The van der Waals surface area contributed by atoms with Crippen molar-refractivity contribution >= 4 is 91.9 Å². The fraction of sp³-hybridized carbons (Fsp3) is 0.586. The number of hydrogen-bond acceptors (Lipinski definition) is 25. The van der Waals surface area contributed by atoms with Crippen LogP contribution in [0.5, 0.6) is 5.75 Å². The molecule has 0 spiro atoms. The van der Waals surface area contributed by atoms with Gasteiger partial charge in [0, 0.05) is 163 Å². The Morgan fingerprint density at radius 2 is 1.13 bits per heavy atom. The van der Waals surface area contributed by atoms with Crippen LogP contribution in [0.2, 0.25) is 0 Å². The molecule has 0 saturated carbocycles. The third kappa shape index (κ3) is 38.4. The Labute approximate surface area is 652 Å². The molecule has 1 aliphatic rings. The first-order valence-corrected chi connectivity index (χ1v) is 37.4. The molecular weight excluding hydrogens is 1550 g/mol. The number of H-pyrrole nitrogens is 1. The zero-order valence-electron chi connectivity index (χ0n) is 64.1. The van der Waals surface area contributed by atoms with E-state index in [1.165, 1.54) is 25.4 Å². The highest BCUT2D eigenvalue weighted by atomic mass is 32.2. The van der Waals surface area contributed by atoms with Gasteiger partial charge in [0.25, 0.3) is 5.91 Å². The van der Waals surface area contributed by atoms with Crippen molar-refractivity contribution in [2.45, 2.75) is 102 Å². The van der Waals surface area contributed by atoms with Crippen molar-refractivity contribution in [2.75, 3.05) is 171 Å². The van der Waals surface area contributed by atoms with E-state index in [1.54, 1.807) is 82.8 Å². The van der Waals surface area contributed by atoms with Crippen molar-refractivity contribution in [3.8, 4) is 5.75 Å². The van der Waals surface area contributed by atoms with Gasteiger partial charge in [-0.25, -0.2) is 13.4 Å². The normalized spacial score (nSPS) is 14.0. The lowest BCUT2D eigenvalue weighted by atomic mass is 10.1. The number of carbonyl (C=O) groups excluding carboxylic acids is 7. The Hall–Kier alpha value is -9.80. The number of pyridine rings is 1. The molecule has 2 aromatic carbocycles. The second-order valence-corrected chi connectivity index (χ2v) is 27.3. The number of fused-ring (bicyclic) bond motifs is 1. The number of ether oxygens (including phenoxy) is 5. The van der Waals surface area contributed by atoms with E-state index in [0.717, 1.165) is 12.0 Å². The number of ketones is 2. The summed E-state index contributed by atoms with van der Waals surface area (Å²) in [6.07, 6.45) is -4.05. The Morgan fingerprint density at radius 1 is 0.614 bits per heavy atom. The van der Waals surface area contributed by atoms with Crippen molar-refractivity contribution in [1.82, 2.24) is 65.4 Å². The number of rotatable bonds is 45. The molecule has 638 valence electrons. The minimum Gasteiger partial charge on any atom is -0.494 e. The maximum atomic E-state index is 13.5. The van der Waals surface area contributed by atoms with E-state index in [1.807, 2.05) is 6.92 Å². The number of imidazole rings is 1. The molecule has 44 heteroatoms. The maximum Gasteiger partial charge on any atom is 0.458 e. The average Bonchev–Trinajstić information content (AvgIpc) is 0.783. The van der Waals surface area contributed by atoms with E-state index in [9.17, 15) is 113 Å². The molecule has 5 amide bonds. The fourth-order valence-electron chi connectivity index (χ4n) is 10.8. The number of carbonyl (C=O) groups is 11. The monoisotopic (exact) mass is 1650 g/mol. The topological polar surface area (TPSA) is 497 Å². The number of aliphatic carboxylic acids is 4. The lowest BCUT2D eigenvalue weighted by Crippen LogP contribution is -2.52. The molecule has 2 atom stereocenters. The quantitative estimate of drug-likeness (QED) is 0.0164. The van der Waals surface area contributed by atoms with Crippen molar-refractivity contribution in [3.63, 3.8) is 0 Å². The molecular formula is C70H102F6N14O23S. The minimum atomic E-state index is -5.77. The number of carboxylic acids is 4. The number of Topliss-reactive ketones (excluding diaryl/α,β-unsaturated/α-hetero) is 2. The first-order chi connectivity index (χ1) is 53.8. The van der Waals surface area contributed by atoms with Gasteiger partial charge in [0.2, 0.25) is 39.1 Å². The number of aryl methyl sites for hydroxylation is 3. The molecule has 2 aromatic heterocycles. The van der Waals surface area contributed by atoms with Crippen LogP contribution in [0.1, 0.15) is 78.9 Å². The molecule has 0 bridgehead atoms. The molecule has 1 fully saturated rings. The number of amides is 5. The van der Waals surface area contributed by atoms with Crippen molar-refractivity contribution < 1.29 is 132 Å². The summed E-state index contributed by atoms with van der Waals surface area (Å²) in [4.78, 5) is 157. The lowest BCUT2D eigenvalue weighted by Gasteiger charge is -2.33. The molecule has 1 unspecified atom stereocenters. The number of alkyl halides is 6. The van der Waals surface area contributed by atoms with Crippen LogP contribution in [0, 0.1) is 13.8 Å². The summed E-state index contributed by atoms with van der Waals surface area (Å²) in [7, 11) is 0.377. The standard InChI is InChI=1S/C36H47N7O10S.C30H55N7O11.C4F6O2/c1-23-17-26(53-14-5-7-31(44)37-10-6-13-52-16-15-51-4)18-24(2)33(23)54(49,50)42-29(35(47)48)21-40-34(46)28-22-43(3)30-19-25(8-9-27(30)32(28)45)20-41-36-38-11-12-39-36;1-3-17-48-18-4-7-32-30(46)24(5-6-25(38)31-8-19-47-2)33-26(39)20-34-9-11-35(21-27(40)41)13-15-37(23-29(44)45)16-14-36(12-10-34)22-28(42)43;5-3(6,7)1(11)2(12)4(8,9)10/h8-9,11-12,17-19,22,29,42H,5-7,10,13-16,20-21H2,1-4H3,(H,37,44)(H,40,46)(H,47,48)(H2,38,39,41);24H,3-23H2,1-2H3,(H,31,38)(H,32,46)(H,33,39)(H,40,41)(H,42,43)(H,44,45);/t;24-;/m.1./s1. The van der Waals surface area contributed by atoms with Gasteiger partial charge in [-0.15, -0.1) is 0 Å². The molecule has 0 radical (unpaired) electrons. The Kier molecular flexibility index (Phi) is 44.1. The third-order valence-electron chi connectivity index (χ3n) is 16.4. The fourth-order valence-corrected chi connectivity index (χ4v) is 12.4. The number of aromatic nitrogens is 3. The highest BCUT2D eigenvalue weighted by Gasteiger charge is 2.54. The summed E-state index contributed by atoms with van der Waals surface area (Å²) in [5.41, 5.74) is 1.24. The first kappa shape index (κ1) is 98.4. The van der Waals surface area contributed by atoms with E-state index >= 15 is 0 Å². The number of anilines is 1. The van der Waals surface area contributed by atoms with Crippen LogP contribution in [0.4, 0.5) is 32.3 Å². The summed E-state index contributed by atoms with van der Waals surface area (Å²) < 4.78 is 124. The predicted octanol–water partition coefficient (Wildman–Crippen LogP) is 0.652. The molecule has 0 aliphatic carbocycles. The lowest BCUT2D eigenvalue weighted by molar-refractivity contribution is -0.193. The largest absolute Gasteiger partial charge is 0.494 e. The second-order valence-electron chi connectivity index (χ2n) is 25.7. The average molecular weight is 1650 g/mol. The van der Waals surface area contributed by atoms with E-state index in [4.69, 9.17) is 23.7 Å². The van der Waals surface area contributed by atoms with E-state index in [2.05, 4.69) is 46.6 Å². The summed E-state index contributed by atoms with van der Waals surface area (Å²) in [5.74, 6) is -12.7. The molecule has 5 rings (SSSR count). The Bertz CT molecular complexity index is 3890. The first-order valence-electron chi connectivity index (χ1n) is 35.9. The second kappa shape index (κ2) is 51.1. The van der Waals surface area contributed by atoms with Crippen molar-refractivity contribution in [2.24, 2.45) is 7.05 Å². The number of carboxylic acid groups (broad SMARTS) is 4. The highest BCUT2D eigenvalue weighted by molar-refractivity contribution is 7.89. The SMILES string of the molecule is CCCOCCCNC(=O)[C@@H](CCC(=O)NCCOC)NC(=O)CN1CCN(CC(=O)O)CCN(CC(=O)O)CCN(CC(=O)O)CC1.COCCOCCCNC(=O)CCCOc1cc(C)c(S(=O)(=O)NC(CNC(=O)c2cn(C)c3cc(CNc4ncc[nH]4)ccc3c2=O)C(=O)O)c(C)c1.O=C(C(=O)C(F)(F)F)C(F)(F)F. The van der Waals surface area contributed by atoms with E-state index < -0.39 is 99.6 Å². The number of methoxy groups -OCH3 is 2. The van der Waals surface area contributed by atoms with Gasteiger partial charge in [0.05, 0.1) is 63.0 Å². The van der Waals surface area contributed by atoms with Gasteiger partial charge in [-0.3, -0.25) is 77.1 Å². The van der Waals surface area contributed by atoms with E-state index in [0.29, 0.717) is 113 Å². The summed E-state index contributed by atoms with van der Waals surface area (Å²) in [5, 5.41) is 54.9. The molecule has 37 nitrogen and oxygen atoms in total. The van der Waals surface area contributed by atoms with Crippen LogP contribution >= 0.6 is 0 Å². The van der Waals surface area contributed by atoms with Crippen LogP contribution < -0.4 is 46.8 Å². The Morgan fingerprint density at radius 3 is 1.63 bits per heavy atom. The van der Waals surface area contributed by atoms with Gasteiger partial charge in [0.1, 0.15) is 23.4 Å². The number of nitrogens with one attached hydrogen (secondary N) is 8. The Balaban J connectivity index is 0.000000518. The van der Waals surface area contributed by atoms with Gasteiger partial charge < -0.3 is 85.6 Å². The van der Waals surface area contributed by atoms with Crippen molar-refractivity contribution in [1.29, 1.82) is 0 Å². The summed E-state index contributed by atoms with van der Waals surface area (Å²) in [6.45, 7) is 10.1.